The van der Waals surface area contributed by atoms with Gasteiger partial charge in [0.05, 0.1) is 5.56 Å². The van der Waals surface area contributed by atoms with Crippen LogP contribution in [-0.4, -0.2) is 41.3 Å². The first-order valence-corrected chi connectivity index (χ1v) is 6.15. The lowest BCUT2D eigenvalue weighted by molar-refractivity contribution is -0.124. The molecule has 0 saturated carbocycles. The second-order valence-corrected chi connectivity index (χ2v) is 4.53. The van der Waals surface area contributed by atoms with E-state index in [9.17, 15) is 9.59 Å². The molecule has 0 radical (unpaired) electrons. The Bertz CT molecular complexity index is 461. The van der Waals surface area contributed by atoms with Crippen LogP contribution in [0.25, 0.3) is 0 Å². The highest BCUT2D eigenvalue weighted by molar-refractivity contribution is 6.29. The molecule has 1 aliphatic rings. The number of likely N-dealkylation sites (N-methyl/N-ethyl adjacent to an activating group) is 1. The zero-order valence-corrected chi connectivity index (χ0v) is 10.8. The number of amides is 2. The third-order valence-electron chi connectivity index (χ3n) is 3.04. The SMILES string of the molecule is CNC(=O)C1CCCN1C(=O)c1ccc(Cl)nc1. The smallest absolute Gasteiger partial charge is 0.256 e. The Kier molecular flexibility index (Phi) is 3.81. The molecule has 1 aromatic rings. The van der Waals surface area contributed by atoms with E-state index in [1.165, 1.54) is 6.20 Å². The summed E-state index contributed by atoms with van der Waals surface area (Å²) in [7, 11) is 1.58. The number of carbonyl (C=O) groups is 2. The van der Waals surface area contributed by atoms with Gasteiger partial charge in [0.25, 0.3) is 5.91 Å². The number of hydrogen-bond donors (Lipinski definition) is 1. The van der Waals surface area contributed by atoms with E-state index in [-0.39, 0.29) is 17.9 Å². The van der Waals surface area contributed by atoms with E-state index in [4.69, 9.17) is 11.6 Å². The lowest BCUT2D eigenvalue weighted by Gasteiger charge is -2.23. The van der Waals surface area contributed by atoms with Crippen LogP contribution in [0.2, 0.25) is 5.15 Å². The van der Waals surface area contributed by atoms with Crippen molar-refractivity contribution in [3.8, 4) is 0 Å². The van der Waals surface area contributed by atoms with Crippen molar-refractivity contribution in [3.05, 3.63) is 29.0 Å². The minimum Gasteiger partial charge on any atom is -0.357 e. The van der Waals surface area contributed by atoms with Crippen LogP contribution in [0.1, 0.15) is 23.2 Å². The Morgan fingerprint density at radius 1 is 1.50 bits per heavy atom. The van der Waals surface area contributed by atoms with Gasteiger partial charge in [-0.3, -0.25) is 9.59 Å². The molecule has 5 nitrogen and oxygen atoms in total. The monoisotopic (exact) mass is 267 g/mol. The summed E-state index contributed by atoms with van der Waals surface area (Å²) in [5.74, 6) is -0.298. The Morgan fingerprint density at radius 2 is 2.28 bits per heavy atom. The molecule has 1 aromatic heterocycles. The average Bonchev–Trinajstić information content (AvgIpc) is 2.87. The van der Waals surface area contributed by atoms with Gasteiger partial charge in [0.15, 0.2) is 0 Å². The summed E-state index contributed by atoms with van der Waals surface area (Å²) in [5, 5.41) is 2.93. The Morgan fingerprint density at radius 3 is 2.89 bits per heavy atom. The molecular formula is C12H14ClN3O2. The number of pyridine rings is 1. The summed E-state index contributed by atoms with van der Waals surface area (Å²) in [5.41, 5.74) is 0.454. The van der Waals surface area contributed by atoms with Crippen molar-refractivity contribution in [1.29, 1.82) is 0 Å². The molecule has 96 valence electrons. The van der Waals surface area contributed by atoms with Gasteiger partial charge in [-0.25, -0.2) is 4.98 Å². The first-order chi connectivity index (χ1) is 8.63. The van der Waals surface area contributed by atoms with Gasteiger partial charge in [-0.15, -0.1) is 0 Å². The van der Waals surface area contributed by atoms with Gasteiger partial charge in [0.1, 0.15) is 11.2 Å². The van der Waals surface area contributed by atoms with Crippen molar-refractivity contribution in [3.63, 3.8) is 0 Å². The van der Waals surface area contributed by atoms with Gasteiger partial charge in [-0.2, -0.15) is 0 Å². The molecule has 18 heavy (non-hydrogen) atoms. The molecule has 0 aliphatic carbocycles. The summed E-state index contributed by atoms with van der Waals surface area (Å²) in [6, 6.07) is 2.81. The van der Waals surface area contributed by atoms with E-state index >= 15 is 0 Å². The van der Waals surface area contributed by atoms with E-state index in [2.05, 4.69) is 10.3 Å². The fourth-order valence-corrected chi connectivity index (χ4v) is 2.23. The fourth-order valence-electron chi connectivity index (χ4n) is 2.12. The van der Waals surface area contributed by atoms with Gasteiger partial charge in [0.2, 0.25) is 5.91 Å². The maximum Gasteiger partial charge on any atom is 0.256 e. The molecule has 2 heterocycles. The maximum absolute atomic E-state index is 12.3. The number of carbonyl (C=O) groups excluding carboxylic acids is 2. The zero-order valence-electron chi connectivity index (χ0n) is 10.0. The van der Waals surface area contributed by atoms with E-state index in [0.717, 1.165) is 6.42 Å². The van der Waals surface area contributed by atoms with E-state index in [1.54, 1.807) is 24.1 Å². The van der Waals surface area contributed by atoms with Crippen molar-refractivity contribution in [1.82, 2.24) is 15.2 Å². The van der Waals surface area contributed by atoms with Crippen molar-refractivity contribution in [2.75, 3.05) is 13.6 Å². The quantitative estimate of drug-likeness (QED) is 0.816. The molecule has 6 heteroatoms. The molecule has 0 spiro atoms. The normalized spacial score (nSPS) is 18.8. The van der Waals surface area contributed by atoms with E-state index in [0.29, 0.717) is 23.7 Å². The molecule has 2 amide bonds. The summed E-state index contributed by atoms with van der Waals surface area (Å²) in [6.45, 7) is 0.597. The van der Waals surface area contributed by atoms with Crippen LogP contribution in [0.4, 0.5) is 0 Å². The topological polar surface area (TPSA) is 62.3 Å². The molecule has 1 saturated heterocycles. The molecule has 2 rings (SSSR count). The van der Waals surface area contributed by atoms with Gasteiger partial charge in [0, 0.05) is 19.8 Å². The van der Waals surface area contributed by atoms with Crippen molar-refractivity contribution < 1.29 is 9.59 Å². The number of nitrogens with one attached hydrogen (secondary N) is 1. The summed E-state index contributed by atoms with van der Waals surface area (Å²) >= 11 is 5.68. The maximum atomic E-state index is 12.3. The van der Waals surface area contributed by atoms with Crippen molar-refractivity contribution in [2.24, 2.45) is 0 Å². The highest BCUT2D eigenvalue weighted by Gasteiger charge is 2.33. The van der Waals surface area contributed by atoms with Gasteiger partial charge >= 0.3 is 0 Å². The zero-order chi connectivity index (χ0) is 13.1. The molecule has 1 aliphatic heterocycles. The van der Waals surface area contributed by atoms with E-state index < -0.39 is 0 Å². The molecule has 1 unspecified atom stereocenters. The average molecular weight is 268 g/mol. The van der Waals surface area contributed by atoms with Crippen LogP contribution in [0, 0.1) is 0 Å². The number of halogens is 1. The van der Waals surface area contributed by atoms with Gasteiger partial charge < -0.3 is 10.2 Å². The number of hydrogen-bond acceptors (Lipinski definition) is 3. The van der Waals surface area contributed by atoms with Gasteiger partial charge in [-0.05, 0) is 25.0 Å². The fraction of sp³-hybridized carbons (Fsp3) is 0.417. The van der Waals surface area contributed by atoms with Crippen LogP contribution in [-0.2, 0) is 4.79 Å². The van der Waals surface area contributed by atoms with Crippen molar-refractivity contribution in [2.45, 2.75) is 18.9 Å². The Balaban J connectivity index is 2.17. The Labute approximate surface area is 110 Å². The molecule has 0 aromatic carbocycles. The van der Waals surface area contributed by atoms with Crippen LogP contribution >= 0.6 is 11.6 Å². The highest BCUT2D eigenvalue weighted by atomic mass is 35.5. The van der Waals surface area contributed by atoms with Crippen LogP contribution in [0.5, 0.6) is 0 Å². The standard InChI is InChI=1S/C12H14ClN3O2/c1-14-11(17)9-3-2-6-16(9)12(18)8-4-5-10(13)15-7-8/h4-5,7,9H,2-3,6H2,1H3,(H,14,17). The molecule has 0 bridgehead atoms. The molecule has 1 fully saturated rings. The van der Waals surface area contributed by atoms with Crippen LogP contribution in [0.3, 0.4) is 0 Å². The molecular weight excluding hydrogens is 254 g/mol. The number of nitrogens with zero attached hydrogens (tertiary/aromatic N) is 2. The van der Waals surface area contributed by atoms with E-state index in [1.807, 2.05) is 0 Å². The molecule has 1 atom stereocenters. The first kappa shape index (κ1) is 12.8. The van der Waals surface area contributed by atoms with Crippen molar-refractivity contribution >= 4 is 23.4 Å². The third-order valence-corrected chi connectivity index (χ3v) is 3.26. The third kappa shape index (κ3) is 2.46. The number of aromatic nitrogens is 1. The first-order valence-electron chi connectivity index (χ1n) is 5.77. The lowest BCUT2D eigenvalue weighted by Crippen LogP contribution is -2.44. The second-order valence-electron chi connectivity index (χ2n) is 4.14. The van der Waals surface area contributed by atoms with Crippen LogP contribution in [0.15, 0.2) is 18.3 Å². The number of likely N-dealkylation sites (tertiary alicyclic amines) is 1. The minimum absolute atomic E-state index is 0.122. The number of rotatable bonds is 2. The summed E-state index contributed by atoms with van der Waals surface area (Å²) in [4.78, 5) is 29.4. The molecule has 1 N–H and O–H groups in total. The largest absolute Gasteiger partial charge is 0.357 e. The summed E-state index contributed by atoms with van der Waals surface area (Å²) in [6.07, 6.45) is 2.97. The second kappa shape index (κ2) is 5.35. The predicted octanol–water partition coefficient (Wildman–Crippen LogP) is 1.09. The predicted molar refractivity (Wildman–Crippen MR) is 67.4 cm³/mol. The summed E-state index contributed by atoms with van der Waals surface area (Å²) < 4.78 is 0. The highest BCUT2D eigenvalue weighted by Crippen LogP contribution is 2.20. The van der Waals surface area contributed by atoms with Crippen LogP contribution < -0.4 is 5.32 Å². The van der Waals surface area contributed by atoms with Gasteiger partial charge in [-0.1, -0.05) is 11.6 Å². The minimum atomic E-state index is -0.377. The Hall–Kier alpha value is -1.62. The lowest BCUT2D eigenvalue weighted by atomic mass is 10.2.